The Bertz CT molecular complexity index is 1110. The summed E-state index contributed by atoms with van der Waals surface area (Å²) in [5, 5.41) is 14.3. The van der Waals surface area contributed by atoms with Crippen molar-refractivity contribution in [3.63, 3.8) is 0 Å². The van der Waals surface area contributed by atoms with E-state index >= 15 is 0 Å². The van der Waals surface area contributed by atoms with Crippen molar-refractivity contribution in [3.05, 3.63) is 53.4 Å². The number of hydrogen-bond acceptors (Lipinski definition) is 8. The second-order valence-electron chi connectivity index (χ2n) is 6.75. The van der Waals surface area contributed by atoms with Gasteiger partial charge < -0.3 is 9.84 Å². The first kappa shape index (κ1) is 19.2. The van der Waals surface area contributed by atoms with Gasteiger partial charge in [0, 0.05) is 32.0 Å². The summed E-state index contributed by atoms with van der Waals surface area (Å²) >= 11 is 0. The summed E-state index contributed by atoms with van der Waals surface area (Å²) in [5.74, 6) is -0.0903. The second-order valence-corrected chi connectivity index (χ2v) is 8.63. The summed E-state index contributed by atoms with van der Waals surface area (Å²) in [4.78, 5) is 16.3. The van der Waals surface area contributed by atoms with Crippen molar-refractivity contribution < 1.29 is 17.7 Å². The monoisotopic (exact) mass is 417 g/mol. The van der Waals surface area contributed by atoms with Gasteiger partial charge >= 0.3 is 0 Å². The van der Waals surface area contributed by atoms with Crippen LogP contribution in [0.5, 0.6) is 0 Å². The highest BCUT2D eigenvalue weighted by atomic mass is 32.2. The van der Waals surface area contributed by atoms with E-state index in [1.54, 1.807) is 38.4 Å². The van der Waals surface area contributed by atoms with Crippen LogP contribution in [0.2, 0.25) is 0 Å². The number of nitrogens with one attached hydrogen (secondary N) is 1. The molecular weight excluding hydrogens is 398 g/mol. The molecule has 12 heteroatoms. The molecule has 152 valence electrons. The molecule has 3 aromatic heterocycles. The molecule has 0 bridgehead atoms. The second kappa shape index (κ2) is 7.37. The minimum absolute atomic E-state index is 0.103. The standard InChI is InChI=1S/C17H19N7O4S/c1-11-16(12(2)28-21-11)29(26,27)23-8-14(9-23)24-10-15(20-22-24)17(25)19-7-13-3-5-18-6-4-13/h3-6,10,14H,7-9H2,1-2H3,(H,19,25). The van der Waals surface area contributed by atoms with Crippen LogP contribution in [0.15, 0.2) is 40.1 Å². The molecule has 0 spiro atoms. The van der Waals surface area contributed by atoms with Gasteiger partial charge in [0.15, 0.2) is 11.5 Å². The quantitative estimate of drug-likeness (QED) is 0.611. The number of nitrogens with zero attached hydrogens (tertiary/aromatic N) is 6. The molecule has 29 heavy (non-hydrogen) atoms. The van der Waals surface area contributed by atoms with Crippen LogP contribution in [0.4, 0.5) is 0 Å². The Morgan fingerprint density at radius 2 is 2.00 bits per heavy atom. The summed E-state index contributed by atoms with van der Waals surface area (Å²) in [7, 11) is -3.68. The number of carbonyl (C=O) groups excluding carboxylic acids is 1. The molecule has 1 saturated heterocycles. The smallest absolute Gasteiger partial charge is 0.273 e. The molecule has 0 unspecified atom stereocenters. The Balaban J connectivity index is 1.37. The maximum atomic E-state index is 12.7. The molecule has 1 aliphatic heterocycles. The number of rotatable bonds is 6. The molecule has 0 saturated carbocycles. The number of amides is 1. The predicted molar refractivity (Wildman–Crippen MR) is 99.2 cm³/mol. The van der Waals surface area contributed by atoms with E-state index in [4.69, 9.17) is 4.52 Å². The van der Waals surface area contributed by atoms with Crippen LogP contribution < -0.4 is 5.32 Å². The van der Waals surface area contributed by atoms with E-state index in [1.807, 2.05) is 0 Å². The van der Waals surface area contributed by atoms with E-state index in [1.165, 1.54) is 15.2 Å². The highest BCUT2D eigenvalue weighted by Gasteiger charge is 2.41. The molecule has 0 aliphatic carbocycles. The van der Waals surface area contributed by atoms with Gasteiger partial charge in [-0.3, -0.25) is 9.78 Å². The van der Waals surface area contributed by atoms with Crippen molar-refractivity contribution in [2.24, 2.45) is 0 Å². The van der Waals surface area contributed by atoms with E-state index in [9.17, 15) is 13.2 Å². The van der Waals surface area contributed by atoms with Crippen molar-refractivity contribution >= 4 is 15.9 Å². The average Bonchev–Trinajstić information content (AvgIpc) is 3.26. The summed E-state index contributed by atoms with van der Waals surface area (Å²) in [6, 6.07) is 3.42. The van der Waals surface area contributed by atoms with Crippen LogP contribution >= 0.6 is 0 Å². The number of hydrogen-bond donors (Lipinski definition) is 1. The number of sulfonamides is 1. The lowest BCUT2D eigenvalue weighted by Gasteiger charge is -2.37. The molecule has 0 aromatic carbocycles. The third-order valence-electron chi connectivity index (χ3n) is 4.71. The summed E-state index contributed by atoms with van der Waals surface area (Å²) in [5.41, 5.74) is 1.42. The van der Waals surface area contributed by atoms with Gasteiger partial charge in [0.1, 0.15) is 10.6 Å². The lowest BCUT2D eigenvalue weighted by atomic mass is 10.2. The first-order chi connectivity index (χ1) is 13.9. The van der Waals surface area contributed by atoms with Gasteiger partial charge in [0.25, 0.3) is 5.91 Å². The zero-order chi connectivity index (χ0) is 20.6. The van der Waals surface area contributed by atoms with E-state index in [0.717, 1.165) is 5.56 Å². The molecule has 11 nitrogen and oxygen atoms in total. The van der Waals surface area contributed by atoms with Crippen LogP contribution in [0, 0.1) is 13.8 Å². The molecule has 1 N–H and O–H groups in total. The van der Waals surface area contributed by atoms with E-state index in [0.29, 0.717) is 12.2 Å². The van der Waals surface area contributed by atoms with Gasteiger partial charge in [-0.2, -0.15) is 4.31 Å². The van der Waals surface area contributed by atoms with Gasteiger partial charge in [0.05, 0.1) is 12.2 Å². The van der Waals surface area contributed by atoms with Crippen molar-refractivity contribution in [1.82, 2.24) is 34.8 Å². The molecule has 3 aromatic rings. The zero-order valence-electron chi connectivity index (χ0n) is 15.8. The fourth-order valence-corrected chi connectivity index (χ4v) is 4.89. The van der Waals surface area contributed by atoms with Crippen molar-refractivity contribution in [3.8, 4) is 0 Å². The normalized spacial score (nSPS) is 15.2. The zero-order valence-corrected chi connectivity index (χ0v) is 16.6. The van der Waals surface area contributed by atoms with Crippen molar-refractivity contribution in [1.29, 1.82) is 0 Å². The Hall–Kier alpha value is -3.12. The molecule has 0 radical (unpaired) electrons. The maximum absolute atomic E-state index is 12.7. The van der Waals surface area contributed by atoms with Crippen LogP contribution in [0.1, 0.15) is 33.5 Å². The maximum Gasteiger partial charge on any atom is 0.273 e. The van der Waals surface area contributed by atoms with E-state index in [2.05, 4.69) is 25.8 Å². The minimum atomic E-state index is -3.68. The third-order valence-corrected chi connectivity index (χ3v) is 6.79. The predicted octanol–water partition coefficient (Wildman–Crippen LogP) is 0.454. The highest BCUT2D eigenvalue weighted by Crippen LogP contribution is 2.30. The molecule has 1 amide bonds. The number of pyridine rings is 1. The Morgan fingerprint density at radius 3 is 2.66 bits per heavy atom. The third kappa shape index (κ3) is 3.63. The fraction of sp³-hybridized carbons (Fsp3) is 0.353. The SMILES string of the molecule is Cc1noc(C)c1S(=O)(=O)N1CC(n2cc(C(=O)NCc3ccncc3)nn2)C1. The van der Waals surface area contributed by atoms with Gasteiger partial charge in [-0.15, -0.1) is 5.10 Å². The fourth-order valence-electron chi connectivity index (χ4n) is 3.08. The molecule has 0 atom stereocenters. The van der Waals surface area contributed by atoms with Gasteiger partial charge in [-0.05, 0) is 31.5 Å². The summed E-state index contributed by atoms with van der Waals surface area (Å²) in [6.45, 7) is 3.97. The first-order valence-electron chi connectivity index (χ1n) is 8.88. The Kier molecular flexibility index (Phi) is 4.88. The van der Waals surface area contributed by atoms with Gasteiger partial charge in [-0.25, -0.2) is 13.1 Å². The van der Waals surface area contributed by atoms with E-state index in [-0.39, 0.29) is 41.4 Å². The molecule has 4 rings (SSSR count). The first-order valence-corrected chi connectivity index (χ1v) is 10.3. The average molecular weight is 417 g/mol. The molecular formula is C17H19N7O4S. The van der Waals surface area contributed by atoms with Crippen LogP contribution in [-0.2, 0) is 16.6 Å². The van der Waals surface area contributed by atoms with E-state index < -0.39 is 10.0 Å². The number of aromatic nitrogens is 5. The van der Waals surface area contributed by atoms with Gasteiger partial charge in [0.2, 0.25) is 10.0 Å². The minimum Gasteiger partial charge on any atom is -0.360 e. The summed E-state index contributed by atoms with van der Waals surface area (Å²) in [6.07, 6.45) is 4.82. The van der Waals surface area contributed by atoms with Crippen molar-refractivity contribution in [2.45, 2.75) is 31.3 Å². The number of carbonyl (C=O) groups is 1. The molecule has 1 aliphatic rings. The topological polar surface area (TPSA) is 136 Å². The van der Waals surface area contributed by atoms with Crippen LogP contribution in [0.25, 0.3) is 0 Å². The molecule has 1 fully saturated rings. The largest absolute Gasteiger partial charge is 0.360 e. The Morgan fingerprint density at radius 1 is 1.28 bits per heavy atom. The lowest BCUT2D eigenvalue weighted by Crippen LogP contribution is -2.50. The number of aryl methyl sites for hydroxylation is 2. The van der Waals surface area contributed by atoms with Crippen LogP contribution in [-0.4, -0.2) is 56.9 Å². The van der Waals surface area contributed by atoms with Crippen molar-refractivity contribution in [2.75, 3.05) is 13.1 Å². The van der Waals surface area contributed by atoms with Crippen LogP contribution in [0.3, 0.4) is 0 Å². The van der Waals surface area contributed by atoms with Gasteiger partial charge in [-0.1, -0.05) is 10.4 Å². The summed E-state index contributed by atoms with van der Waals surface area (Å²) < 4.78 is 33.3. The molecule has 4 heterocycles. The highest BCUT2D eigenvalue weighted by molar-refractivity contribution is 7.89. The lowest BCUT2D eigenvalue weighted by molar-refractivity contribution is 0.0945. The Labute approximate surface area is 166 Å².